The number of rotatable bonds is 3. The normalized spacial score (nSPS) is 12.5. The van der Waals surface area contributed by atoms with Crippen molar-refractivity contribution in [3.8, 4) is 0 Å². The Morgan fingerprint density at radius 1 is 1.50 bits per heavy atom. The van der Waals surface area contributed by atoms with E-state index in [1.165, 1.54) is 0 Å². The predicted molar refractivity (Wildman–Crippen MR) is 44.8 cm³/mol. The van der Waals surface area contributed by atoms with Gasteiger partial charge in [0.1, 0.15) is 0 Å². The Kier molecular flexibility index (Phi) is 4.59. The third-order valence-corrected chi connectivity index (χ3v) is 1.14. The highest BCUT2D eigenvalue weighted by atomic mass is 16.3. The molecule has 1 N–H and O–H groups in total. The first kappa shape index (κ1) is 9.18. The van der Waals surface area contributed by atoms with E-state index < -0.39 is 0 Å². The van der Waals surface area contributed by atoms with Crippen LogP contribution in [-0.2, 0) is 0 Å². The zero-order valence-corrected chi connectivity index (χ0v) is 6.59. The highest BCUT2D eigenvalue weighted by molar-refractivity contribution is 5.24. The van der Waals surface area contributed by atoms with Gasteiger partial charge in [0.25, 0.3) is 0 Å². The van der Waals surface area contributed by atoms with Gasteiger partial charge in [0.2, 0.25) is 0 Å². The van der Waals surface area contributed by atoms with Crippen molar-refractivity contribution < 1.29 is 5.11 Å². The summed E-state index contributed by atoms with van der Waals surface area (Å²) in [7, 11) is 0. The van der Waals surface area contributed by atoms with Crippen LogP contribution in [-0.4, -0.2) is 11.7 Å². The van der Waals surface area contributed by atoms with Crippen molar-refractivity contribution in [2.45, 2.75) is 13.8 Å². The van der Waals surface area contributed by atoms with Crippen LogP contribution in [0.15, 0.2) is 36.0 Å². The third-order valence-electron chi connectivity index (χ3n) is 1.14. The lowest BCUT2D eigenvalue weighted by Crippen LogP contribution is -1.83. The fourth-order valence-electron chi connectivity index (χ4n) is 0.490. The smallest absolute Gasteiger partial charge is 0.0678 e. The average Bonchev–Trinajstić information content (AvgIpc) is 1.90. The van der Waals surface area contributed by atoms with E-state index in [0.29, 0.717) is 0 Å². The Bertz CT molecular complexity index is 164. The zero-order chi connectivity index (χ0) is 7.98. The maximum atomic E-state index is 8.69. The van der Waals surface area contributed by atoms with Crippen molar-refractivity contribution in [2.24, 2.45) is 0 Å². The van der Waals surface area contributed by atoms with Crippen LogP contribution in [0.25, 0.3) is 0 Å². The molecule has 0 aromatic rings. The van der Waals surface area contributed by atoms with Crippen molar-refractivity contribution in [3.05, 3.63) is 36.0 Å². The maximum Gasteiger partial charge on any atom is 0.0678 e. The first-order valence-corrected chi connectivity index (χ1v) is 3.30. The van der Waals surface area contributed by atoms with Crippen LogP contribution in [0.1, 0.15) is 13.8 Å². The van der Waals surface area contributed by atoms with E-state index in [-0.39, 0.29) is 6.61 Å². The van der Waals surface area contributed by atoms with E-state index in [2.05, 4.69) is 6.58 Å². The number of hydrogen-bond acceptors (Lipinski definition) is 1. The summed E-state index contributed by atoms with van der Waals surface area (Å²) in [6, 6.07) is 0. The third kappa shape index (κ3) is 4.10. The van der Waals surface area contributed by atoms with Crippen LogP contribution >= 0.6 is 0 Å². The molecule has 56 valence electrons. The summed E-state index contributed by atoms with van der Waals surface area (Å²) >= 11 is 0. The lowest BCUT2D eigenvalue weighted by Gasteiger charge is -1.92. The summed E-state index contributed by atoms with van der Waals surface area (Å²) in [5.41, 5.74) is 1.91. The van der Waals surface area contributed by atoms with Gasteiger partial charge in [0.15, 0.2) is 0 Å². The van der Waals surface area contributed by atoms with Crippen molar-refractivity contribution >= 4 is 0 Å². The minimum absolute atomic E-state index is 0.0975. The number of aliphatic hydroxyl groups is 1. The Hall–Kier alpha value is -0.820. The van der Waals surface area contributed by atoms with Gasteiger partial charge in [-0.3, -0.25) is 0 Å². The first-order chi connectivity index (χ1) is 4.70. The molecule has 1 nitrogen and oxygen atoms in total. The monoisotopic (exact) mass is 138 g/mol. The molecule has 10 heavy (non-hydrogen) atoms. The average molecular weight is 138 g/mol. The predicted octanol–water partition coefficient (Wildman–Crippen LogP) is 2.06. The van der Waals surface area contributed by atoms with Gasteiger partial charge in [-0.2, -0.15) is 0 Å². The van der Waals surface area contributed by atoms with Crippen molar-refractivity contribution in [1.82, 2.24) is 0 Å². The zero-order valence-electron chi connectivity index (χ0n) is 6.59. The SMILES string of the molecule is C=C(C)/C=C\C(=C/C)CO. The number of allylic oxidation sites excluding steroid dienone is 3. The lowest BCUT2D eigenvalue weighted by molar-refractivity contribution is 0.335. The van der Waals surface area contributed by atoms with Crippen LogP contribution in [0.5, 0.6) is 0 Å². The van der Waals surface area contributed by atoms with Crippen LogP contribution < -0.4 is 0 Å². The molecule has 0 spiro atoms. The molecule has 0 aromatic carbocycles. The second kappa shape index (κ2) is 5.00. The Labute approximate surface area is 62.4 Å². The van der Waals surface area contributed by atoms with Gasteiger partial charge in [0, 0.05) is 0 Å². The molecule has 0 radical (unpaired) electrons. The summed E-state index contributed by atoms with van der Waals surface area (Å²) in [5, 5.41) is 8.69. The highest BCUT2D eigenvalue weighted by Gasteiger charge is 1.83. The molecule has 0 heterocycles. The number of aliphatic hydroxyl groups excluding tert-OH is 1. The fraction of sp³-hybridized carbons (Fsp3) is 0.333. The molecule has 0 aliphatic carbocycles. The number of hydrogen-bond donors (Lipinski definition) is 1. The second-order valence-electron chi connectivity index (χ2n) is 2.20. The molecule has 0 aromatic heterocycles. The molecule has 0 saturated heterocycles. The summed E-state index contributed by atoms with van der Waals surface area (Å²) in [6.45, 7) is 7.61. The van der Waals surface area contributed by atoms with Gasteiger partial charge < -0.3 is 5.11 Å². The molecule has 0 atom stereocenters. The fourth-order valence-corrected chi connectivity index (χ4v) is 0.490. The quantitative estimate of drug-likeness (QED) is 0.592. The second-order valence-corrected chi connectivity index (χ2v) is 2.20. The van der Waals surface area contributed by atoms with Gasteiger partial charge in [-0.15, -0.1) is 0 Å². The summed E-state index contributed by atoms with van der Waals surface area (Å²) < 4.78 is 0. The summed E-state index contributed by atoms with van der Waals surface area (Å²) in [5.74, 6) is 0. The van der Waals surface area contributed by atoms with Gasteiger partial charge in [-0.25, -0.2) is 0 Å². The van der Waals surface area contributed by atoms with Gasteiger partial charge >= 0.3 is 0 Å². The van der Waals surface area contributed by atoms with E-state index >= 15 is 0 Å². The van der Waals surface area contributed by atoms with E-state index in [0.717, 1.165) is 11.1 Å². The molecule has 0 amide bonds. The molecular weight excluding hydrogens is 124 g/mol. The van der Waals surface area contributed by atoms with Gasteiger partial charge in [-0.05, 0) is 19.4 Å². The minimum atomic E-state index is 0.0975. The Balaban J connectivity index is 3.98. The van der Waals surface area contributed by atoms with Gasteiger partial charge in [0.05, 0.1) is 6.61 Å². The van der Waals surface area contributed by atoms with Crippen molar-refractivity contribution in [2.75, 3.05) is 6.61 Å². The van der Waals surface area contributed by atoms with Crippen LogP contribution in [0.4, 0.5) is 0 Å². The lowest BCUT2D eigenvalue weighted by atomic mass is 10.2. The Morgan fingerprint density at radius 3 is 2.40 bits per heavy atom. The van der Waals surface area contributed by atoms with E-state index in [9.17, 15) is 0 Å². The maximum absolute atomic E-state index is 8.69. The van der Waals surface area contributed by atoms with E-state index in [1.807, 2.05) is 32.1 Å². The molecular formula is C9H14O. The molecule has 0 aliphatic heterocycles. The molecule has 0 saturated carbocycles. The highest BCUT2D eigenvalue weighted by Crippen LogP contribution is 1.97. The molecule has 0 aliphatic rings. The largest absolute Gasteiger partial charge is 0.392 e. The van der Waals surface area contributed by atoms with Gasteiger partial charge in [-0.1, -0.05) is 30.4 Å². The minimum Gasteiger partial charge on any atom is -0.392 e. The first-order valence-electron chi connectivity index (χ1n) is 3.30. The van der Waals surface area contributed by atoms with E-state index in [4.69, 9.17) is 5.11 Å². The van der Waals surface area contributed by atoms with E-state index in [1.54, 1.807) is 0 Å². The van der Waals surface area contributed by atoms with Crippen molar-refractivity contribution in [3.63, 3.8) is 0 Å². The van der Waals surface area contributed by atoms with Crippen LogP contribution in [0.3, 0.4) is 0 Å². The topological polar surface area (TPSA) is 20.2 Å². The molecule has 0 bridgehead atoms. The van der Waals surface area contributed by atoms with Crippen molar-refractivity contribution in [1.29, 1.82) is 0 Å². The van der Waals surface area contributed by atoms with Crippen LogP contribution in [0.2, 0.25) is 0 Å². The molecule has 0 rings (SSSR count). The standard InChI is InChI=1S/C9H14O/c1-4-9(7-10)6-5-8(2)3/h4-6,10H,2,7H2,1,3H3/b6-5-,9-4+. The molecule has 0 fully saturated rings. The molecule has 1 heteroatoms. The summed E-state index contributed by atoms with van der Waals surface area (Å²) in [6.07, 6.45) is 5.62. The summed E-state index contributed by atoms with van der Waals surface area (Å²) in [4.78, 5) is 0. The van der Waals surface area contributed by atoms with Crippen LogP contribution in [0, 0.1) is 0 Å². The Morgan fingerprint density at radius 2 is 2.10 bits per heavy atom. The molecule has 0 unspecified atom stereocenters.